The van der Waals surface area contributed by atoms with Crippen LogP contribution >= 0.6 is 23.2 Å². The normalized spacial score (nSPS) is 14.4. The number of hydrogen-bond donors (Lipinski definition) is 4. The highest BCUT2D eigenvalue weighted by Crippen LogP contribution is 2.22. The Balaban J connectivity index is 0.000000752. The highest BCUT2D eigenvalue weighted by atomic mass is 35.5. The fraction of sp³-hybridized carbons (Fsp3) is 0.550. The number of likely N-dealkylation sites (N-methyl/N-ethyl adjacent to an activating group) is 1. The number of benzene rings is 1. The minimum absolute atomic E-state index is 0.0111. The van der Waals surface area contributed by atoms with Gasteiger partial charge in [-0.25, -0.2) is 0 Å². The first-order valence-corrected chi connectivity index (χ1v) is 10.5. The first-order valence-electron chi connectivity index (χ1n) is 9.72. The van der Waals surface area contributed by atoms with Crippen molar-refractivity contribution in [2.24, 2.45) is 0 Å². The Morgan fingerprint density at radius 1 is 1.13 bits per heavy atom. The minimum Gasteiger partial charge on any atom is -0.481 e. The van der Waals surface area contributed by atoms with Crippen LogP contribution in [0.1, 0.15) is 30.6 Å². The smallest absolute Gasteiger partial charge is 0.303 e. The van der Waals surface area contributed by atoms with Gasteiger partial charge < -0.3 is 30.4 Å². The van der Waals surface area contributed by atoms with Gasteiger partial charge in [-0.2, -0.15) is 0 Å². The predicted octanol–water partition coefficient (Wildman–Crippen LogP) is 1.34. The van der Waals surface area contributed by atoms with Crippen LogP contribution in [0.5, 0.6) is 0 Å². The molecule has 176 valence electrons. The van der Waals surface area contributed by atoms with Gasteiger partial charge in [0.25, 0.3) is 5.91 Å². The number of hydrogen-bond acceptors (Lipinski definition) is 6. The molecule has 0 spiro atoms. The van der Waals surface area contributed by atoms with Crippen LogP contribution in [0, 0.1) is 0 Å². The van der Waals surface area contributed by atoms with Gasteiger partial charge in [0, 0.05) is 38.2 Å². The summed E-state index contributed by atoms with van der Waals surface area (Å²) in [6, 6.07) is 4.62. The number of carboxylic acids is 1. The molecule has 1 aromatic rings. The number of carboxylic acid groups (broad SMARTS) is 1. The second-order valence-corrected chi connectivity index (χ2v) is 7.59. The van der Waals surface area contributed by atoms with Crippen molar-refractivity contribution in [1.82, 2.24) is 15.1 Å². The first-order chi connectivity index (χ1) is 14.5. The summed E-state index contributed by atoms with van der Waals surface area (Å²) in [5, 5.41) is 27.0. The van der Waals surface area contributed by atoms with Gasteiger partial charge >= 0.3 is 5.97 Å². The highest BCUT2D eigenvalue weighted by molar-refractivity contribution is 6.42. The molecule has 2 rings (SSSR count). The van der Waals surface area contributed by atoms with Crippen LogP contribution in [-0.4, -0.2) is 95.4 Å². The van der Waals surface area contributed by atoms with Gasteiger partial charge in [-0.3, -0.25) is 14.4 Å². The average Bonchev–Trinajstić information content (AvgIpc) is 2.75. The summed E-state index contributed by atoms with van der Waals surface area (Å²) >= 11 is 11.7. The van der Waals surface area contributed by atoms with Gasteiger partial charge in [-0.05, 0) is 32.2 Å². The lowest BCUT2D eigenvalue weighted by molar-refractivity contribution is -0.136. The topological polar surface area (TPSA) is 130 Å². The standard InChI is InChI=1S/C14H17Cl2N3O2.C3H8O2.C3H6O2/c1-18-4-6-19(7-5-18)13(20)9-17-14(21)10-2-3-11(15)12(16)8-10;1-3(5)2-4;1-2-3(4)5/h2-3,8H,4-7,9H2,1H3,(H,17,21);3-5H,2H2,1H3;2H2,1H3,(H,4,5). The van der Waals surface area contributed by atoms with Crippen LogP contribution in [-0.2, 0) is 9.59 Å². The summed E-state index contributed by atoms with van der Waals surface area (Å²) in [4.78, 5) is 37.3. The van der Waals surface area contributed by atoms with Crippen molar-refractivity contribution in [3.63, 3.8) is 0 Å². The molecule has 31 heavy (non-hydrogen) atoms. The van der Waals surface area contributed by atoms with E-state index in [1.807, 2.05) is 7.05 Å². The number of nitrogens with zero attached hydrogens (tertiary/aromatic N) is 2. The summed E-state index contributed by atoms with van der Waals surface area (Å²) in [5.41, 5.74) is 0.385. The van der Waals surface area contributed by atoms with Crippen LogP contribution in [0.4, 0.5) is 0 Å². The molecule has 0 bridgehead atoms. The van der Waals surface area contributed by atoms with Crippen molar-refractivity contribution < 1.29 is 29.7 Å². The summed E-state index contributed by atoms with van der Waals surface area (Å²) < 4.78 is 0. The van der Waals surface area contributed by atoms with Gasteiger partial charge in [-0.1, -0.05) is 30.1 Å². The molecular weight excluding hydrogens is 449 g/mol. The zero-order valence-electron chi connectivity index (χ0n) is 18.0. The zero-order chi connectivity index (χ0) is 24.0. The van der Waals surface area contributed by atoms with Gasteiger partial charge in [0.1, 0.15) is 0 Å². The third-order valence-electron chi connectivity index (χ3n) is 4.00. The van der Waals surface area contributed by atoms with E-state index in [4.69, 9.17) is 38.5 Å². The number of carbonyl (C=O) groups is 3. The Kier molecular flexibility index (Phi) is 14.9. The fourth-order valence-corrected chi connectivity index (χ4v) is 2.36. The largest absolute Gasteiger partial charge is 0.481 e. The molecule has 11 heteroatoms. The third-order valence-corrected chi connectivity index (χ3v) is 4.74. The van der Waals surface area contributed by atoms with E-state index in [2.05, 4.69) is 10.2 Å². The molecular formula is C20H31Cl2N3O6. The van der Waals surface area contributed by atoms with E-state index in [0.717, 1.165) is 13.1 Å². The Morgan fingerprint density at radius 3 is 2.06 bits per heavy atom. The van der Waals surface area contributed by atoms with E-state index in [0.29, 0.717) is 28.7 Å². The first kappa shape index (κ1) is 29.1. The van der Waals surface area contributed by atoms with Gasteiger partial charge in [-0.15, -0.1) is 0 Å². The summed E-state index contributed by atoms with van der Waals surface area (Å²) in [6.45, 7) is 6.07. The molecule has 1 aliphatic heterocycles. The summed E-state index contributed by atoms with van der Waals surface area (Å²) in [6.07, 6.45) is -0.338. The molecule has 1 atom stereocenters. The molecule has 1 heterocycles. The van der Waals surface area contributed by atoms with Crippen LogP contribution < -0.4 is 5.32 Å². The van der Waals surface area contributed by atoms with Crippen LogP contribution in [0.2, 0.25) is 10.0 Å². The van der Waals surface area contributed by atoms with E-state index in [1.165, 1.54) is 13.0 Å². The Hall–Kier alpha value is -1.91. The SMILES string of the molecule is CC(O)CO.CCC(=O)O.CN1CCN(C(=O)CNC(=O)c2ccc(Cl)c(Cl)c2)CC1. The highest BCUT2D eigenvalue weighted by Gasteiger charge is 2.19. The molecule has 1 unspecified atom stereocenters. The zero-order valence-corrected chi connectivity index (χ0v) is 19.5. The monoisotopic (exact) mass is 479 g/mol. The quantitative estimate of drug-likeness (QED) is 0.500. The number of rotatable bonds is 5. The molecule has 1 aromatic carbocycles. The van der Waals surface area contributed by atoms with E-state index >= 15 is 0 Å². The molecule has 0 saturated carbocycles. The van der Waals surface area contributed by atoms with Crippen LogP contribution in [0.25, 0.3) is 0 Å². The number of amides is 2. The predicted molar refractivity (Wildman–Crippen MR) is 120 cm³/mol. The van der Waals surface area contributed by atoms with E-state index in [1.54, 1.807) is 24.0 Å². The number of aliphatic hydroxyl groups is 2. The maximum absolute atomic E-state index is 12.0. The van der Waals surface area contributed by atoms with Crippen molar-refractivity contribution in [2.75, 3.05) is 46.4 Å². The lowest BCUT2D eigenvalue weighted by atomic mass is 10.2. The van der Waals surface area contributed by atoms with Crippen molar-refractivity contribution in [2.45, 2.75) is 26.4 Å². The van der Waals surface area contributed by atoms with Crippen LogP contribution in [0.3, 0.4) is 0 Å². The van der Waals surface area contributed by atoms with E-state index < -0.39 is 12.1 Å². The molecule has 1 saturated heterocycles. The maximum Gasteiger partial charge on any atom is 0.303 e. The number of nitrogens with one attached hydrogen (secondary N) is 1. The van der Waals surface area contributed by atoms with Gasteiger partial charge in [0.05, 0.1) is 29.3 Å². The Labute approximate surface area is 192 Å². The summed E-state index contributed by atoms with van der Waals surface area (Å²) in [7, 11) is 2.02. The molecule has 4 N–H and O–H groups in total. The van der Waals surface area contributed by atoms with Crippen molar-refractivity contribution >= 4 is 41.0 Å². The lowest BCUT2D eigenvalue weighted by Gasteiger charge is -2.32. The minimum atomic E-state index is -0.745. The fourth-order valence-electron chi connectivity index (χ4n) is 2.06. The van der Waals surface area contributed by atoms with E-state index in [9.17, 15) is 14.4 Å². The second kappa shape index (κ2) is 15.8. The number of carbonyl (C=O) groups excluding carboxylic acids is 2. The lowest BCUT2D eigenvalue weighted by Crippen LogP contribution is -2.50. The van der Waals surface area contributed by atoms with Crippen molar-refractivity contribution in [3.05, 3.63) is 33.8 Å². The van der Waals surface area contributed by atoms with Crippen molar-refractivity contribution in [1.29, 1.82) is 0 Å². The maximum atomic E-state index is 12.0. The van der Waals surface area contributed by atoms with Gasteiger partial charge in [0.15, 0.2) is 0 Å². The number of halogens is 2. The van der Waals surface area contributed by atoms with Crippen LogP contribution in [0.15, 0.2) is 18.2 Å². The molecule has 1 aliphatic rings. The molecule has 9 nitrogen and oxygen atoms in total. The number of aliphatic carboxylic acids is 1. The van der Waals surface area contributed by atoms with Gasteiger partial charge in [0.2, 0.25) is 5.91 Å². The molecule has 2 amide bonds. The average molecular weight is 480 g/mol. The number of piperazine rings is 1. The number of aliphatic hydroxyl groups excluding tert-OH is 2. The Morgan fingerprint density at radius 2 is 1.65 bits per heavy atom. The second-order valence-electron chi connectivity index (χ2n) is 6.77. The van der Waals surface area contributed by atoms with E-state index in [-0.39, 0.29) is 31.4 Å². The van der Waals surface area contributed by atoms with Crippen molar-refractivity contribution in [3.8, 4) is 0 Å². The Bertz CT molecular complexity index is 710. The molecule has 0 radical (unpaired) electrons. The molecule has 0 aromatic heterocycles. The molecule has 1 fully saturated rings. The third kappa shape index (κ3) is 13.2. The molecule has 0 aliphatic carbocycles. The summed E-state index contributed by atoms with van der Waals surface area (Å²) in [5.74, 6) is -1.16.